The van der Waals surface area contributed by atoms with E-state index in [1.165, 1.54) is 18.5 Å². The van der Waals surface area contributed by atoms with Crippen molar-refractivity contribution in [1.82, 2.24) is 0 Å². The minimum atomic E-state index is -0.728. The van der Waals surface area contributed by atoms with Gasteiger partial charge in [-0.3, -0.25) is 0 Å². The number of nitrogens with two attached hydrogens (primary N) is 1. The summed E-state index contributed by atoms with van der Waals surface area (Å²) in [6.45, 7) is 4.86. The maximum atomic E-state index is 5.75. The van der Waals surface area contributed by atoms with Crippen LogP contribution in [0, 0.1) is 0 Å². The topological polar surface area (TPSA) is 26.0 Å². The normalized spacial score (nSPS) is 31.7. The summed E-state index contributed by atoms with van der Waals surface area (Å²) < 4.78 is 0. The molecule has 0 aromatic carbocycles. The van der Waals surface area contributed by atoms with Crippen molar-refractivity contribution in [2.45, 2.75) is 37.6 Å². The van der Waals surface area contributed by atoms with Crippen molar-refractivity contribution in [2.75, 3.05) is 0 Å². The minimum absolute atomic E-state index is 0. The van der Waals surface area contributed by atoms with E-state index in [4.69, 9.17) is 5.73 Å². The van der Waals surface area contributed by atoms with E-state index in [1.54, 1.807) is 0 Å². The molecule has 0 aromatic rings. The number of hydrogen-bond acceptors (Lipinski definition) is 1. The van der Waals surface area contributed by atoms with Crippen LogP contribution < -0.4 is 5.73 Å². The monoisotopic (exact) mass is 165 g/mol. The van der Waals surface area contributed by atoms with Crippen LogP contribution in [0.15, 0.2) is 0 Å². The zero-order valence-electron chi connectivity index (χ0n) is 6.18. The molecule has 0 amide bonds. The van der Waals surface area contributed by atoms with Crippen molar-refractivity contribution in [3.8, 4) is 0 Å². The van der Waals surface area contributed by atoms with Gasteiger partial charge in [-0.15, -0.1) is 12.4 Å². The van der Waals surface area contributed by atoms with Gasteiger partial charge >= 0.3 is 0 Å². The lowest BCUT2D eigenvalue weighted by Crippen LogP contribution is -2.23. The molecule has 0 saturated carbocycles. The second kappa shape index (κ2) is 3.04. The molecule has 0 aliphatic carbocycles. The zero-order chi connectivity index (χ0) is 6.20. The van der Waals surface area contributed by atoms with E-state index in [0.29, 0.717) is 6.04 Å². The van der Waals surface area contributed by atoms with Crippen LogP contribution in [0.4, 0.5) is 0 Å². The van der Waals surface area contributed by atoms with E-state index in [2.05, 4.69) is 13.1 Å². The Balaban J connectivity index is 0.000000640. The van der Waals surface area contributed by atoms with Crippen LogP contribution in [0.2, 0.25) is 25.2 Å². The number of hydrogen-bond donors (Lipinski definition) is 1. The first kappa shape index (κ1) is 9.47. The Kier molecular flexibility index (Phi) is 3.19. The highest BCUT2D eigenvalue weighted by Crippen LogP contribution is 2.28. The third-order valence-electron chi connectivity index (χ3n) is 2.01. The first-order valence-electron chi connectivity index (χ1n) is 3.36. The minimum Gasteiger partial charge on any atom is -0.328 e. The van der Waals surface area contributed by atoms with Gasteiger partial charge in [-0.2, -0.15) is 0 Å². The highest BCUT2D eigenvalue weighted by molar-refractivity contribution is 6.78. The molecule has 1 saturated heterocycles. The zero-order valence-corrected chi connectivity index (χ0v) is 8.00. The highest BCUT2D eigenvalue weighted by Gasteiger charge is 2.30. The van der Waals surface area contributed by atoms with E-state index in [0.717, 1.165) is 0 Å². The molecule has 1 nitrogen and oxygen atoms in total. The Hall–Kier alpha value is 0.467. The fourth-order valence-electron chi connectivity index (χ4n) is 1.49. The first-order chi connectivity index (χ1) is 3.60. The summed E-state index contributed by atoms with van der Waals surface area (Å²) in [7, 11) is -0.728. The van der Waals surface area contributed by atoms with E-state index in [1.807, 2.05) is 0 Å². The second-order valence-corrected chi connectivity index (χ2v) is 8.90. The van der Waals surface area contributed by atoms with Crippen LogP contribution in [0.25, 0.3) is 0 Å². The molecule has 56 valence electrons. The van der Waals surface area contributed by atoms with Crippen LogP contribution in [-0.2, 0) is 0 Å². The summed E-state index contributed by atoms with van der Waals surface area (Å²) in [6, 6.07) is 3.36. The molecule has 1 rings (SSSR count). The van der Waals surface area contributed by atoms with Gasteiger partial charge in [0.15, 0.2) is 0 Å². The van der Waals surface area contributed by atoms with Gasteiger partial charge in [-0.25, -0.2) is 0 Å². The molecule has 1 unspecified atom stereocenters. The van der Waals surface area contributed by atoms with Gasteiger partial charge in [-0.1, -0.05) is 19.1 Å². The maximum Gasteiger partial charge on any atom is 0.0489 e. The van der Waals surface area contributed by atoms with Gasteiger partial charge in [0.1, 0.15) is 0 Å². The molecule has 1 aliphatic heterocycles. The maximum absolute atomic E-state index is 5.75. The van der Waals surface area contributed by atoms with E-state index in [-0.39, 0.29) is 12.4 Å². The Bertz CT molecular complexity index is 95.1. The lowest BCUT2D eigenvalue weighted by Gasteiger charge is -2.11. The highest BCUT2D eigenvalue weighted by atomic mass is 35.5. The summed E-state index contributed by atoms with van der Waals surface area (Å²) in [5.41, 5.74) is 5.75. The molecular weight excluding hydrogens is 150 g/mol. The average molecular weight is 166 g/mol. The molecule has 9 heavy (non-hydrogen) atoms. The Morgan fingerprint density at radius 3 is 2.11 bits per heavy atom. The third kappa shape index (κ3) is 2.69. The summed E-state index contributed by atoms with van der Waals surface area (Å²) in [5.74, 6) is 0. The molecule has 0 aromatic heterocycles. The molecule has 2 N–H and O–H groups in total. The lowest BCUT2D eigenvalue weighted by atomic mass is 10.3. The van der Waals surface area contributed by atoms with E-state index < -0.39 is 8.07 Å². The van der Waals surface area contributed by atoms with Crippen LogP contribution in [0.5, 0.6) is 0 Å². The van der Waals surface area contributed by atoms with Gasteiger partial charge in [0, 0.05) is 14.1 Å². The van der Waals surface area contributed by atoms with Crippen molar-refractivity contribution in [3.05, 3.63) is 0 Å². The van der Waals surface area contributed by atoms with Crippen LogP contribution >= 0.6 is 12.4 Å². The molecule has 1 atom stereocenters. The average Bonchev–Trinajstić information content (AvgIpc) is 1.82. The van der Waals surface area contributed by atoms with Crippen molar-refractivity contribution in [2.24, 2.45) is 5.73 Å². The SMILES string of the molecule is C[Si]1(C)CCC(N)C1.Cl. The molecular formula is C6H16ClNSi. The third-order valence-corrected chi connectivity index (χ3v) is 5.28. The standard InChI is InChI=1S/C6H15NSi.ClH/c1-8(2)4-3-6(7)5-8;/h6H,3-5,7H2,1-2H3;1H. The molecule has 0 radical (unpaired) electrons. The van der Waals surface area contributed by atoms with Crippen molar-refractivity contribution < 1.29 is 0 Å². The van der Waals surface area contributed by atoms with Crippen molar-refractivity contribution >= 4 is 20.5 Å². The summed E-state index contributed by atoms with van der Waals surface area (Å²) in [4.78, 5) is 0. The predicted molar refractivity (Wildman–Crippen MR) is 46.9 cm³/mol. The van der Waals surface area contributed by atoms with Crippen molar-refractivity contribution in [1.29, 1.82) is 0 Å². The fourth-order valence-corrected chi connectivity index (χ4v) is 4.47. The lowest BCUT2D eigenvalue weighted by molar-refractivity contribution is 0.749. The molecule has 0 bridgehead atoms. The van der Waals surface area contributed by atoms with Gasteiger partial charge in [0.05, 0.1) is 0 Å². The van der Waals surface area contributed by atoms with Crippen LogP contribution in [0.3, 0.4) is 0 Å². The Labute approximate surface area is 64.4 Å². The van der Waals surface area contributed by atoms with Gasteiger partial charge in [-0.05, 0) is 12.5 Å². The van der Waals surface area contributed by atoms with Crippen LogP contribution in [0.1, 0.15) is 6.42 Å². The fraction of sp³-hybridized carbons (Fsp3) is 1.00. The largest absolute Gasteiger partial charge is 0.328 e. The Morgan fingerprint density at radius 2 is 2.00 bits per heavy atom. The predicted octanol–water partition coefficient (Wildman–Crippen LogP) is 1.85. The van der Waals surface area contributed by atoms with Crippen molar-refractivity contribution in [3.63, 3.8) is 0 Å². The van der Waals surface area contributed by atoms with E-state index in [9.17, 15) is 0 Å². The second-order valence-electron chi connectivity index (χ2n) is 3.67. The van der Waals surface area contributed by atoms with Gasteiger partial charge < -0.3 is 5.73 Å². The smallest absolute Gasteiger partial charge is 0.0489 e. The Morgan fingerprint density at radius 1 is 1.44 bits per heavy atom. The quantitative estimate of drug-likeness (QED) is 0.545. The summed E-state index contributed by atoms with van der Waals surface area (Å²) in [6.07, 6.45) is 1.29. The molecule has 1 fully saturated rings. The van der Waals surface area contributed by atoms with Gasteiger partial charge in [0.2, 0.25) is 0 Å². The number of rotatable bonds is 0. The molecule has 1 heterocycles. The summed E-state index contributed by atoms with van der Waals surface area (Å²) in [5, 5.41) is 0. The van der Waals surface area contributed by atoms with E-state index >= 15 is 0 Å². The molecule has 1 aliphatic rings. The van der Waals surface area contributed by atoms with Gasteiger partial charge in [0.25, 0.3) is 0 Å². The molecule has 0 spiro atoms. The summed E-state index contributed by atoms with van der Waals surface area (Å²) >= 11 is 0. The molecule has 3 heteroatoms. The first-order valence-corrected chi connectivity index (χ1v) is 6.77. The number of halogens is 1. The van der Waals surface area contributed by atoms with Crippen LogP contribution in [-0.4, -0.2) is 14.1 Å².